The van der Waals surface area contributed by atoms with E-state index in [0.717, 1.165) is 61.8 Å². The summed E-state index contributed by atoms with van der Waals surface area (Å²) in [7, 11) is 0. The molecule has 0 aromatic heterocycles. The van der Waals surface area contributed by atoms with Crippen LogP contribution in [0.25, 0.3) is 77.5 Å². The Morgan fingerprint density at radius 3 is 1.22 bits per heavy atom. The molecular formula is C58H39NO. The van der Waals surface area contributed by atoms with Crippen LogP contribution in [0.4, 0.5) is 17.1 Å². The lowest BCUT2D eigenvalue weighted by atomic mass is 9.90. The van der Waals surface area contributed by atoms with Gasteiger partial charge in [0, 0.05) is 34.3 Å². The third kappa shape index (κ3) is 6.61. The smallest absolute Gasteiger partial charge is 0.137 e. The van der Waals surface area contributed by atoms with Crippen molar-refractivity contribution in [1.82, 2.24) is 0 Å². The second-order valence-corrected chi connectivity index (χ2v) is 15.3. The Labute approximate surface area is 350 Å². The van der Waals surface area contributed by atoms with E-state index in [1.165, 1.54) is 44.3 Å². The number of benzene rings is 10. The molecule has 2 nitrogen and oxygen atoms in total. The molecule has 0 unspecified atom stereocenters. The minimum absolute atomic E-state index is 0.815. The molecule has 1 heterocycles. The fourth-order valence-corrected chi connectivity index (χ4v) is 8.57. The summed E-state index contributed by atoms with van der Waals surface area (Å²) in [5.41, 5.74) is 17.1. The molecular weight excluding hydrogens is 727 g/mol. The number of hydrogen-bond acceptors (Lipinski definition) is 2. The van der Waals surface area contributed by atoms with Crippen LogP contribution in [0.1, 0.15) is 0 Å². The average molecular weight is 766 g/mol. The first kappa shape index (κ1) is 35.2. The molecule has 0 saturated heterocycles. The molecule has 2 heteroatoms. The highest BCUT2D eigenvalue weighted by molar-refractivity contribution is 5.99. The number of para-hydroxylation sites is 1. The number of anilines is 3. The molecule has 0 spiro atoms. The molecule has 1 aliphatic rings. The molecule has 10 aromatic carbocycles. The summed E-state index contributed by atoms with van der Waals surface area (Å²) in [6.07, 6.45) is 0. The van der Waals surface area contributed by atoms with E-state index < -0.39 is 0 Å². The maximum absolute atomic E-state index is 7.06. The molecule has 0 saturated carbocycles. The van der Waals surface area contributed by atoms with Gasteiger partial charge in [0.25, 0.3) is 0 Å². The Morgan fingerprint density at radius 2 is 0.633 bits per heavy atom. The summed E-state index contributed by atoms with van der Waals surface area (Å²) >= 11 is 0. The Morgan fingerprint density at radius 1 is 0.233 bits per heavy atom. The van der Waals surface area contributed by atoms with Gasteiger partial charge in [-0.25, -0.2) is 0 Å². The molecule has 10 aromatic rings. The molecule has 0 fully saturated rings. The van der Waals surface area contributed by atoms with Crippen molar-refractivity contribution in [1.29, 1.82) is 0 Å². The van der Waals surface area contributed by atoms with Gasteiger partial charge in [-0.2, -0.15) is 0 Å². The number of fused-ring (bicyclic) bond motifs is 6. The lowest BCUT2D eigenvalue weighted by molar-refractivity contribution is 0.488. The lowest BCUT2D eigenvalue weighted by Gasteiger charge is -2.26. The minimum Gasteiger partial charge on any atom is -0.456 e. The van der Waals surface area contributed by atoms with Crippen molar-refractivity contribution in [2.24, 2.45) is 0 Å². The maximum Gasteiger partial charge on any atom is 0.137 e. The van der Waals surface area contributed by atoms with Gasteiger partial charge in [-0.15, -0.1) is 0 Å². The van der Waals surface area contributed by atoms with Crippen molar-refractivity contribution < 1.29 is 4.74 Å². The van der Waals surface area contributed by atoms with Crippen molar-refractivity contribution in [3.63, 3.8) is 0 Å². The van der Waals surface area contributed by atoms with Crippen molar-refractivity contribution >= 4 is 27.8 Å². The monoisotopic (exact) mass is 765 g/mol. The minimum atomic E-state index is 0.815. The molecule has 282 valence electrons. The lowest BCUT2D eigenvalue weighted by Crippen LogP contribution is -2.10. The SMILES string of the molecule is c1ccc(-c2ccc(-c3ccc(N(c4ccccc4)c4ccc5c(c4)Oc4cc6ccccc6cc4-c4ccc(-c6ccc(-c7ccccc7)cc6)cc4-5)cc3)cc2)cc1. The van der Waals surface area contributed by atoms with Crippen LogP contribution in [0.5, 0.6) is 11.5 Å². The van der Waals surface area contributed by atoms with E-state index in [2.05, 4.69) is 241 Å². The largest absolute Gasteiger partial charge is 0.456 e. The van der Waals surface area contributed by atoms with Gasteiger partial charge >= 0.3 is 0 Å². The van der Waals surface area contributed by atoms with E-state index in [1.807, 2.05) is 0 Å². The third-order valence-corrected chi connectivity index (χ3v) is 11.7. The molecule has 1 aliphatic heterocycles. The van der Waals surface area contributed by atoms with Gasteiger partial charge in [0.05, 0.1) is 0 Å². The van der Waals surface area contributed by atoms with Crippen LogP contribution in [0.15, 0.2) is 237 Å². The van der Waals surface area contributed by atoms with Crippen molar-refractivity contribution in [2.45, 2.75) is 0 Å². The molecule has 60 heavy (non-hydrogen) atoms. The van der Waals surface area contributed by atoms with E-state index in [1.54, 1.807) is 0 Å². The van der Waals surface area contributed by atoms with E-state index >= 15 is 0 Å². The van der Waals surface area contributed by atoms with Gasteiger partial charge in [-0.05, 0) is 121 Å². The van der Waals surface area contributed by atoms with Crippen LogP contribution in [0.2, 0.25) is 0 Å². The van der Waals surface area contributed by atoms with Crippen LogP contribution in [0, 0.1) is 0 Å². The van der Waals surface area contributed by atoms with Gasteiger partial charge in [0.1, 0.15) is 11.5 Å². The molecule has 0 radical (unpaired) electrons. The fourth-order valence-electron chi connectivity index (χ4n) is 8.57. The summed E-state index contributed by atoms with van der Waals surface area (Å²) in [5, 5.41) is 2.33. The predicted octanol–water partition coefficient (Wildman–Crippen LogP) is 16.4. The zero-order valence-corrected chi connectivity index (χ0v) is 32.9. The van der Waals surface area contributed by atoms with Gasteiger partial charge in [-0.3, -0.25) is 0 Å². The summed E-state index contributed by atoms with van der Waals surface area (Å²) in [4.78, 5) is 2.31. The Balaban J connectivity index is 1.00. The zero-order chi connectivity index (χ0) is 39.8. The van der Waals surface area contributed by atoms with Crippen LogP contribution in [-0.4, -0.2) is 0 Å². The second-order valence-electron chi connectivity index (χ2n) is 15.3. The van der Waals surface area contributed by atoms with E-state index in [0.29, 0.717) is 0 Å². The van der Waals surface area contributed by atoms with Gasteiger partial charge in [0.15, 0.2) is 0 Å². The molecule has 0 amide bonds. The maximum atomic E-state index is 7.06. The summed E-state index contributed by atoms with van der Waals surface area (Å²) in [6.45, 7) is 0. The summed E-state index contributed by atoms with van der Waals surface area (Å²) in [6, 6.07) is 84.7. The Bertz CT molecular complexity index is 3120. The standard InChI is InChI=1S/C58H39NO/c1-4-12-40(13-5-1)42-20-22-44(23-21-42)45-28-31-51(32-29-45)59(50-18-8-3-9-19-50)52-33-35-54-55-36-49(46-26-24-43(25-27-46)41-14-6-2-7-15-41)30-34-53(55)56-37-47-16-10-11-17-48(47)38-57(56)60-58(54)39-52/h1-39H. The highest BCUT2D eigenvalue weighted by atomic mass is 16.5. The number of hydrogen-bond donors (Lipinski definition) is 0. The number of nitrogens with zero attached hydrogens (tertiary/aromatic N) is 1. The van der Waals surface area contributed by atoms with Gasteiger partial charge in [0.2, 0.25) is 0 Å². The van der Waals surface area contributed by atoms with Crippen molar-refractivity contribution in [3.8, 4) is 78.3 Å². The molecule has 0 aliphatic carbocycles. The second kappa shape index (κ2) is 15.1. The van der Waals surface area contributed by atoms with E-state index in [4.69, 9.17) is 4.74 Å². The van der Waals surface area contributed by atoms with Crippen LogP contribution in [-0.2, 0) is 0 Å². The van der Waals surface area contributed by atoms with Gasteiger partial charge in [-0.1, -0.05) is 176 Å². The van der Waals surface area contributed by atoms with Crippen LogP contribution in [0.3, 0.4) is 0 Å². The quantitative estimate of drug-likeness (QED) is 0.160. The zero-order valence-electron chi connectivity index (χ0n) is 32.9. The third-order valence-electron chi connectivity index (χ3n) is 11.7. The molecule has 11 rings (SSSR count). The van der Waals surface area contributed by atoms with E-state index in [-0.39, 0.29) is 0 Å². The van der Waals surface area contributed by atoms with Crippen LogP contribution < -0.4 is 9.64 Å². The first-order valence-corrected chi connectivity index (χ1v) is 20.5. The van der Waals surface area contributed by atoms with Gasteiger partial charge < -0.3 is 9.64 Å². The fraction of sp³-hybridized carbons (Fsp3) is 0. The molecule has 0 bridgehead atoms. The van der Waals surface area contributed by atoms with Crippen molar-refractivity contribution in [2.75, 3.05) is 4.90 Å². The Hall–Kier alpha value is -7.94. The highest BCUT2D eigenvalue weighted by Gasteiger charge is 2.24. The molecule has 0 N–H and O–H groups in total. The summed E-state index contributed by atoms with van der Waals surface area (Å²) < 4.78 is 7.06. The van der Waals surface area contributed by atoms with Crippen molar-refractivity contribution in [3.05, 3.63) is 237 Å². The number of ether oxygens (including phenoxy) is 1. The Kier molecular flexibility index (Phi) is 8.87. The van der Waals surface area contributed by atoms with Crippen LogP contribution >= 0.6 is 0 Å². The topological polar surface area (TPSA) is 12.5 Å². The molecule has 0 atom stereocenters. The number of rotatable bonds is 7. The normalized spacial score (nSPS) is 11.5. The highest BCUT2D eigenvalue weighted by Crippen LogP contribution is 2.51. The predicted molar refractivity (Wildman–Crippen MR) is 251 cm³/mol. The summed E-state index contributed by atoms with van der Waals surface area (Å²) in [5.74, 6) is 1.66. The first-order chi connectivity index (χ1) is 29.7. The first-order valence-electron chi connectivity index (χ1n) is 20.5. The van der Waals surface area contributed by atoms with E-state index in [9.17, 15) is 0 Å². The average Bonchev–Trinajstić information content (AvgIpc) is 3.45.